The molecule has 3 amide bonds. The normalized spacial score (nSPS) is 10.3. The monoisotopic (exact) mass is 322 g/mol. The van der Waals surface area contributed by atoms with E-state index in [9.17, 15) is 14.4 Å². The molecule has 0 aliphatic carbocycles. The van der Waals surface area contributed by atoms with Crippen molar-refractivity contribution < 1.29 is 14.4 Å². The number of hydrogen-bond donors (Lipinski definition) is 1. The lowest BCUT2D eigenvalue weighted by atomic mass is 10.2. The molecule has 0 unspecified atom stereocenters. The van der Waals surface area contributed by atoms with E-state index in [-0.39, 0.29) is 6.54 Å². The molecule has 0 aliphatic rings. The molecule has 0 bridgehead atoms. The fourth-order valence-electron chi connectivity index (χ4n) is 1.90. The second-order valence-corrected chi connectivity index (χ2v) is 4.79. The zero-order valence-corrected chi connectivity index (χ0v) is 12.9. The highest BCUT2D eigenvalue weighted by atomic mass is 16.2. The number of nitrogens with one attached hydrogen (secondary N) is 1. The highest BCUT2D eigenvalue weighted by Gasteiger charge is 2.19. The van der Waals surface area contributed by atoms with Gasteiger partial charge in [-0.2, -0.15) is 0 Å². The maximum atomic E-state index is 12.1. The van der Waals surface area contributed by atoms with Gasteiger partial charge in [0.1, 0.15) is 0 Å². The summed E-state index contributed by atoms with van der Waals surface area (Å²) in [6.07, 6.45) is 5.99. The number of aromatic nitrogens is 1. The third kappa shape index (κ3) is 5.17. The summed E-state index contributed by atoms with van der Waals surface area (Å²) in [6.45, 7) is -0.281. The number of benzene rings is 1. The zero-order chi connectivity index (χ0) is 17.2. The second kappa shape index (κ2) is 8.99. The topological polar surface area (TPSA) is 79.4 Å². The number of rotatable bonds is 6. The van der Waals surface area contributed by atoms with E-state index < -0.39 is 18.5 Å². The van der Waals surface area contributed by atoms with Gasteiger partial charge in [-0.15, -0.1) is 0 Å². The van der Waals surface area contributed by atoms with Gasteiger partial charge in [0.05, 0.1) is 18.8 Å². The van der Waals surface area contributed by atoms with Crippen LogP contribution in [0.3, 0.4) is 0 Å². The molecule has 0 spiro atoms. The maximum Gasteiger partial charge on any atom is 0.325 e. The van der Waals surface area contributed by atoms with E-state index >= 15 is 0 Å². The van der Waals surface area contributed by atoms with Gasteiger partial charge in [0.25, 0.3) is 5.91 Å². The second-order valence-electron chi connectivity index (χ2n) is 4.79. The minimum atomic E-state index is -0.674. The fraction of sp³-hybridized carbons (Fsp3) is 0.111. The van der Waals surface area contributed by atoms with Crippen molar-refractivity contribution in [1.29, 1.82) is 0 Å². The van der Waals surface area contributed by atoms with E-state index in [4.69, 9.17) is 0 Å². The third-order valence-electron chi connectivity index (χ3n) is 3.10. The number of amides is 3. The van der Waals surface area contributed by atoms with Crippen molar-refractivity contribution in [2.45, 2.75) is 6.54 Å². The van der Waals surface area contributed by atoms with Crippen LogP contribution >= 0.6 is 0 Å². The van der Waals surface area contributed by atoms with Gasteiger partial charge < -0.3 is 5.32 Å². The molecule has 0 fully saturated rings. The summed E-state index contributed by atoms with van der Waals surface area (Å²) in [5.41, 5.74) is 1.46. The molecule has 2 rings (SSSR count). The van der Waals surface area contributed by atoms with Crippen LogP contribution in [-0.4, -0.2) is 34.7 Å². The summed E-state index contributed by atoms with van der Waals surface area (Å²) in [7, 11) is 0. The Kier molecular flexibility index (Phi) is 6.40. The van der Waals surface area contributed by atoms with Crippen molar-refractivity contribution in [3.63, 3.8) is 0 Å². The van der Waals surface area contributed by atoms with Gasteiger partial charge >= 0.3 is 6.03 Å². The average molecular weight is 322 g/mol. The first-order valence-corrected chi connectivity index (χ1v) is 7.28. The lowest BCUT2D eigenvalue weighted by Gasteiger charge is -2.16. The Hall–Kier alpha value is -3.28. The lowest BCUT2D eigenvalue weighted by Crippen LogP contribution is -2.43. The number of hydrogen-bond acceptors (Lipinski definition) is 4. The summed E-state index contributed by atoms with van der Waals surface area (Å²) in [5, 5.41) is 2.55. The van der Waals surface area contributed by atoms with Gasteiger partial charge in [-0.3, -0.25) is 19.5 Å². The highest BCUT2D eigenvalue weighted by molar-refractivity contribution is 6.03. The van der Waals surface area contributed by atoms with Crippen LogP contribution in [0.1, 0.15) is 11.3 Å². The molecule has 1 N–H and O–H groups in total. The maximum absolute atomic E-state index is 12.1. The van der Waals surface area contributed by atoms with Crippen LogP contribution in [0, 0.1) is 0 Å². The molecule has 1 radical (unpaired) electrons. The number of urea groups is 1. The Morgan fingerprint density at radius 2 is 1.88 bits per heavy atom. The van der Waals surface area contributed by atoms with Gasteiger partial charge in [0, 0.05) is 12.3 Å². The van der Waals surface area contributed by atoms with Crippen LogP contribution in [0.2, 0.25) is 0 Å². The predicted octanol–water partition coefficient (Wildman–Crippen LogP) is 1.94. The van der Waals surface area contributed by atoms with E-state index in [1.165, 1.54) is 6.08 Å². The molecule has 2 aromatic rings. The molecule has 6 nitrogen and oxygen atoms in total. The molecule has 121 valence electrons. The molecule has 0 atom stereocenters. The molecular weight excluding hydrogens is 306 g/mol. The number of pyridine rings is 1. The van der Waals surface area contributed by atoms with Crippen LogP contribution in [0.25, 0.3) is 6.08 Å². The van der Waals surface area contributed by atoms with E-state index in [0.717, 1.165) is 10.5 Å². The van der Waals surface area contributed by atoms with Crippen LogP contribution in [0.15, 0.2) is 60.8 Å². The third-order valence-corrected chi connectivity index (χ3v) is 3.10. The largest absolute Gasteiger partial charge is 0.332 e. The SMILES string of the molecule is O=[C]CN(C(=O)/C=C/c1ccccc1)C(=O)NCc1ccccn1. The van der Waals surface area contributed by atoms with Gasteiger partial charge in [-0.05, 0) is 23.8 Å². The molecule has 1 heterocycles. The Morgan fingerprint density at radius 1 is 1.12 bits per heavy atom. The Balaban J connectivity index is 1.99. The molecule has 0 saturated heterocycles. The molecule has 1 aromatic carbocycles. The molecule has 6 heteroatoms. The van der Waals surface area contributed by atoms with Gasteiger partial charge in [-0.1, -0.05) is 36.4 Å². The van der Waals surface area contributed by atoms with Crippen molar-refractivity contribution in [1.82, 2.24) is 15.2 Å². The number of imide groups is 1. The van der Waals surface area contributed by atoms with Gasteiger partial charge in [0.15, 0.2) is 0 Å². The fourth-order valence-corrected chi connectivity index (χ4v) is 1.90. The molecule has 24 heavy (non-hydrogen) atoms. The summed E-state index contributed by atoms with van der Waals surface area (Å²) in [5.74, 6) is -0.597. The minimum Gasteiger partial charge on any atom is -0.332 e. The average Bonchev–Trinajstić information content (AvgIpc) is 2.64. The summed E-state index contributed by atoms with van der Waals surface area (Å²) < 4.78 is 0. The predicted molar refractivity (Wildman–Crippen MR) is 89.4 cm³/mol. The highest BCUT2D eigenvalue weighted by Crippen LogP contribution is 2.03. The van der Waals surface area contributed by atoms with E-state index in [0.29, 0.717) is 5.69 Å². The van der Waals surface area contributed by atoms with E-state index in [1.807, 2.05) is 30.3 Å². The molecule has 0 aliphatic heterocycles. The number of nitrogens with zero attached hydrogens (tertiary/aromatic N) is 2. The standard InChI is InChI=1S/C18H16N3O3/c22-13-12-21(17(23)10-9-15-6-2-1-3-7-15)18(24)20-14-16-8-4-5-11-19-16/h1-11H,12,14H2,(H,20,24)/b10-9+. The quantitative estimate of drug-likeness (QED) is 0.824. The van der Waals surface area contributed by atoms with Crippen LogP contribution in [0.4, 0.5) is 4.79 Å². The first-order valence-electron chi connectivity index (χ1n) is 7.28. The molecular formula is C18H16N3O3. The summed E-state index contributed by atoms with van der Waals surface area (Å²) >= 11 is 0. The van der Waals surface area contributed by atoms with Crippen LogP contribution < -0.4 is 5.32 Å². The van der Waals surface area contributed by atoms with Crippen molar-refractivity contribution in [2.75, 3.05) is 6.54 Å². The summed E-state index contributed by atoms with van der Waals surface area (Å²) in [4.78, 5) is 39.7. The van der Waals surface area contributed by atoms with Gasteiger partial charge in [-0.25, -0.2) is 4.79 Å². The van der Waals surface area contributed by atoms with Crippen molar-refractivity contribution in [2.24, 2.45) is 0 Å². The first-order chi connectivity index (χ1) is 11.7. The first kappa shape index (κ1) is 17.1. The zero-order valence-electron chi connectivity index (χ0n) is 12.9. The number of carbonyl (C=O) groups is 2. The van der Waals surface area contributed by atoms with Crippen molar-refractivity contribution in [3.05, 3.63) is 72.1 Å². The van der Waals surface area contributed by atoms with Crippen molar-refractivity contribution in [3.8, 4) is 0 Å². The van der Waals surface area contributed by atoms with Crippen molar-refractivity contribution >= 4 is 24.3 Å². The lowest BCUT2D eigenvalue weighted by molar-refractivity contribution is -0.122. The minimum absolute atomic E-state index is 0.157. The van der Waals surface area contributed by atoms with Gasteiger partial charge in [0.2, 0.25) is 6.29 Å². The molecule has 1 aromatic heterocycles. The Labute approximate surface area is 139 Å². The number of carbonyl (C=O) groups excluding carboxylic acids is 3. The Morgan fingerprint density at radius 3 is 2.54 bits per heavy atom. The van der Waals surface area contributed by atoms with E-state index in [1.54, 1.807) is 36.8 Å². The Bertz CT molecular complexity index is 715. The summed E-state index contributed by atoms with van der Waals surface area (Å²) in [6, 6.07) is 13.8. The van der Waals surface area contributed by atoms with Crippen LogP contribution in [-0.2, 0) is 16.1 Å². The van der Waals surface area contributed by atoms with E-state index in [2.05, 4.69) is 10.3 Å². The van der Waals surface area contributed by atoms with Crippen LogP contribution in [0.5, 0.6) is 0 Å². The molecule has 0 saturated carbocycles. The smallest absolute Gasteiger partial charge is 0.325 e.